The lowest BCUT2D eigenvalue weighted by molar-refractivity contribution is -0.0258. The molecule has 0 saturated heterocycles. The Kier molecular flexibility index (Phi) is 5.78. The summed E-state index contributed by atoms with van der Waals surface area (Å²) < 4.78 is 25.0. The summed E-state index contributed by atoms with van der Waals surface area (Å²) >= 11 is 0. The Labute approximate surface area is 137 Å². The molecule has 6 nitrogen and oxygen atoms in total. The number of hydrogen-bond donors (Lipinski definition) is 1. The number of sulfonamides is 1. The lowest BCUT2D eigenvalue weighted by Gasteiger charge is -2.26. The zero-order valence-electron chi connectivity index (χ0n) is 13.8. The molecule has 1 aliphatic carbocycles. The van der Waals surface area contributed by atoms with Crippen LogP contribution in [0.3, 0.4) is 0 Å². The Bertz CT molecular complexity index is 635. The third kappa shape index (κ3) is 4.31. The zero-order valence-corrected chi connectivity index (χ0v) is 14.6. The van der Waals surface area contributed by atoms with Crippen molar-refractivity contribution in [1.29, 1.82) is 0 Å². The van der Waals surface area contributed by atoms with Crippen LogP contribution in [0.15, 0.2) is 29.2 Å². The van der Waals surface area contributed by atoms with Crippen LogP contribution in [-0.4, -0.2) is 39.0 Å². The van der Waals surface area contributed by atoms with Crippen LogP contribution in [0.4, 0.5) is 0 Å². The molecular formula is C16H24N2O4S. The summed E-state index contributed by atoms with van der Waals surface area (Å²) in [7, 11) is -1.08. The summed E-state index contributed by atoms with van der Waals surface area (Å²) in [5.41, 5.74) is 0.461. The van der Waals surface area contributed by atoms with Crippen molar-refractivity contribution < 1.29 is 18.0 Å². The highest BCUT2D eigenvalue weighted by molar-refractivity contribution is 7.89. The summed E-state index contributed by atoms with van der Waals surface area (Å²) in [6.45, 7) is 2.23. The number of nitrogens with one attached hydrogen (secondary N) is 1. The molecule has 0 atom stereocenters. The third-order valence-electron chi connectivity index (χ3n) is 4.36. The van der Waals surface area contributed by atoms with Gasteiger partial charge in [-0.15, -0.1) is 0 Å². The monoisotopic (exact) mass is 340 g/mol. The second-order valence-corrected chi connectivity index (χ2v) is 7.99. The summed E-state index contributed by atoms with van der Waals surface area (Å²) in [5.74, 6) is 0.569. The topological polar surface area (TPSA) is 75.7 Å². The summed E-state index contributed by atoms with van der Waals surface area (Å²) in [6, 6.07) is 6.10. The average molecular weight is 340 g/mol. The number of rotatable bonds is 5. The van der Waals surface area contributed by atoms with Crippen LogP contribution in [-0.2, 0) is 14.9 Å². The Hall–Kier alpha value is -1.44. The quantitative estimate of drug-likeness (QED) is 0.834. The smallest absolute Gasteiger partial charge is 0.264 e. The number of benzene rings is 1. The van der Waals surface area contributed by atoms with Crippen molar-refractivity contribution >= 4 is 15.9 Å². The van der Waals surface area contributed by atoms with Crippen LogP contribution in [0, 0.1) is 5.92 Å². The van der Waals surface area contributed by atoms with E-state index < -0.39 is 10.0 Å². The molecule has 0 aromatic heterocycles. The van der Waals surface area contributed by atoms with E-state index in [4.69, 9.17) is 4.84 Å². The predicted molar refractivity (Wildman–Crippen MR) is 87.3 cm³/mol. The Morgan fingerprint density at radius 2 is 1.74 bits per heavy atom. The molecule has 1 aromatic rings. The highest BCUT2D eigenvalue weighted by atomic mass is 32.2. The predicted octanol–water partition coefficient (Wildman–Crippen LogP) is 2.18. The van der Waals surface area contributed by atoms with E-state index in [0.29, 0.717) is 5.56 Å². The van der Waals surface area contributed by atoms with Gasteiger partial charge in [0.1, 0.15) is 0 Å². The molecule has 128 valence electrons. The molecule has 0 bridgehead atoms. The van der Waals surface area contributed by atoms with Crippen LogP contribution in [0.25, 0.3) is 0 Å². The SMILES string of the molecule is CON(C)S(=O)(=O)c1ccc(C(=O)NC2CCC(C)CC2)cc1. The fourth-order valence-corrected chi connectivity index (χ4v) is 3.67. The van der Waals surface area contributed by atoms with E-state index >= 15 is 0 Å². The van der Waals surface area contributed by atoms with Crippen molar-refractivity contribution in [3.8, 4) is 0 Å². The van der Waals surface area contributed by atoms with Gasteiger partial charge in [-0.1, -0.05) is 11.4 Å². The highest BCUT2D eigenvalue weighted by Gasteiger charge is 2.22. The lowest BCUT2D eigenvalue weighted by atomic mass is 9.87. The molecule has 1 aromatic carbocycles. The molecular weight excluding hydrogens is 316 g/mol. The van der Waals surface area contributed by atoms with Crippen LogP contribution in [0.1, 0.15) is 43.0 Å². The molecule has 1 aliphatic rings. The second-order valence-electron chi connectivity index (χ2n) is 6.05. The molecule has 0 unspecified atom stereocenters. The van der Waals surface area contributed by atoms with Gasteiger partial charge in [-0.2, -0.15) is 0 Å². The zero-order chi connectivity index (χ0) is 17.0. The number of hydrogen-bond acceptors (Lipinski definition) is 4. The minimum atomic E-state index is -3.69. The molecule has 0 radical (unpaired) electrons. The van der Waals surface area contributed by atoms with E-state index in [2.05, 4.69) is 12.2 Å². The minimum absolute atomic E-state index is 0.0879. The number of nitrogens with zero attached hydrogens (tertiary/aromatic N) is 1. The highest BCUT2D eigenvalue weighted by Crippen LogP contribution is 2.23. The fourth-order valence-electron chi connectivity index (χ4n) is 2.70. The van der Waals surface area contributed by atoms with Crippen LogP contribution in [0.2, 0.25) is 0 Å². The first-order chi connectivity index (χ1) is 10.8. The van der Waals surface area contributed by atoms with Crippen LogP contribution in [0.5, 0.6) is 0 Å². The summed E-state index contributed by atoms with van der Waals surface area (Å²) in [5, 5.41) is 3.02. The van der Waals surface area contributed by atoms with E-state index in [0.717, 1.165) is 36.1 Å². The molecule has 1 N–H and O–H groups in total. The molecule has 7 heteroatoms. The third-order valence-corrected chi connectivity index (χ3v) is 6.05. The Morgan fingerprint density at radius 1 is 1.17 bits per heavy atom. The number of hydroxylamine groups is 1. The van der Waals surface area contributed by atoms with E-state index in [1.54, 1.807) is 0 Å². The molecule has 1 saturated carbocycles. The fraction of sp³-hybridized carbons (Fsp3) is 0.562. The minimum Gasteiger partial charge on any atom is -0.349 e. The maximum absolute atomic E-state index is 12.2. The first kappa shape index (κ1) is 17.9. The van der Waals surface area contributed by atoms with Crippen molar-refractivity contribution in [1.82, 2.24) is 9.79 Å². The molecule has 23 heavy (non-hydrogen) atoms. The normalized spacial score (nSPS) is 22.1. The first-order valence-electron chi connectivity index (χ1n) is 7.78. The van der Waals surface area contributed by atoms with E-state index in [-0.39, 0.29) is 16.8 Å². The Morgan fingerprint density at radius 3 is 2.26 bits per heavy atom. The number of amides is 1. The molecule has 0 heterocycles. The molecule has 1 amide bonds. The van der Waals surface area contributed by atoms with Crippen LogP contribution >= 0.6 is 0 Å². The summed E-state index contributed by atoms with van der Waals surface area (Å²) in [6.07, 6.45) is 4.26. The van der Waals surface area contributed by atoms with E-state index in [9.17, 15) is 13.2 Å². The van der Waals surface area contributed by atoms with Gasteiger partial charge in [-0.05, 0) is 55.9 Å². The van der Waals surface area contributed by atoms with E-state index in [1.807, 2.05) is 0 Å². The van der Waals surface area contributed by atoms with E-state index in [1.165, 1.54) is 38.4 Å². The standard InChI is InChI=1S/C16H24N2O4S/c1-12-4-8-14(9-5-12)17-16(19)13-6-10-15(11-7-13)23(20,21)18(2)22-3/h6-7,10-12,14H,4-5,8-9H2,1-3H3,(H,17,19). The van der Waals surface area contributed by atoms with Gasteiger partial charge >= 0.3 is 0 Å². The lowest BCUT2D eigenvalue weighted by Crippen LogP contribution is -2.37. The Balaban J connectivity index is 2.03. The molecule has 0 spiro atoms. The van der Waals surface area contributed by atoms with Crippen molar-refractivity contribution in [2.45, 2.75) is 43.5 Å². The second kappa shape index (κ2) is 7.42. The van der Waals surface area contributed by atoms with Crippen LogP contribution < -0.4 is 5.32 Å². The van der Waals surface area contributed by atoms with Crippen molar-refractivity contribution in [3.63, 3.8) is 0 Å². The van der Waals surface area contributed by atoms with Gasteiger partial charge in [-0.3, -0.25) is 9.63 Å². The van der Waals surface area contributed by atoms with Crippen molar-refractivity contribution in [2.75, 3.05) is 14.2 Å². The van der Waals surface area contributed by atoms with Gasteiger partial charge in [0.2, 0.25) is 0 Å². The van der Waals surface area contributed by atoms with Gasteiger partial charge in [0.25, 0.3) is 15.9 Å². The maximum Gasteiger partial charge on any atom is 0.264 e. The number of carbonyl (C=O) groups excluding carboxylic acids is 1. The molecule has 0 aliphatic heterocycles. The first-order valence-corrected chi connectivity index (χ1v) is 9.22. The van der Waals surface area contributed by atoms with Crippen molar-refractivity contribution in [2.24, 2.45) is 5.92 Å². The summed E-state index contributed by atoms with van der Waals surface area (Å²) in [4.78, 5) is 17.1. The molecule has 2 rings (SSSR count). The number of carbonyl (C=O) groups is 1. The largest absolute Gasteiger partial charge is 0.349 e. The average Bonchev–Trinajstić information content (AvgIpc) is 2.56. The molecule has 1 fully saturated rings. The van der Waals surface area contributed by atoms with Gasteiger partial charge in [-0.25, -0.2) is 8.42 Å². The van der Waals surface area contributed by atoms with Gasteiger partial charge < -0.3 is 5.32 Å². The van der Waals surface area contributed by atoms with Gasteiger partial charge in [0.05, 0.1) is 12.0 Å². The van der Waals surface area contributed by atoms with Gasteiger partial charge in [0, 0.05) is 18.7 Å². The maximum atomic E-state index is 12.2. The van der Waals surface area contributed by atoms with Crippen molar-refractivity contribution in [3.05, 3.63) is 29.8 Å². The van der Waals surface area contributed by atoms with Gasteiger partial charge in [0.15, 0.2) is 0 Å².